The van der Waals surface area contributed by atoms with Crippen molar-refractivity contribution in [3.63, 3.8) is 0 Å². The van der Waals surface area contributed by atoms with Gasteiger partial charge in [-0.05, 0) is 44.0 Å². The predicted molar refractivity (Wildman–Crippen MR) is 135 cm³/mol. The Morgan fingerprint density at radius 2 is 1.67 bits per heavy atom. The molecule has 0 fully saturated rings. The van der Waals surface area contributed by atoms with E-state index in [1.807, 2.05) is 60.4 Å². The summed E-state index contributed by atoms with van der Waals surface area (Å²) in [4.78, 5) is 33.5. The molecule has 0 saturated heterocycles. The van der Waals surface area contributed by atoms with Crippen LogP contribution >= 0.6 is 0 Å². The molecule has 1 unspecified atom stereocenters. The van der Waals surface area contributed by atoms with E-state index < -0.39 is 0 Å². The summed E-state index contributed by atoms with van der Waals surface area (Å²) < 4.78 is 1.66. The molecule has 0 radical (unpaired) electrons. The highest BCUT2D eigenvalue weighted by Crippen LogP contribution is 2.23. The molecule has 1 aromatic heterocycles. The average Bonchev–Trinajstić information content (AvgIpc) is 2.84. The summed E-state index contributed by atoms with van der Waals surface area (Å²) in [7, 11) is 0. The summed E-state index contributed by atoms with van der Waals surface area (Å²) in [5, 5.41) is 3.63. The van der Waals surface area contributed by atoms with E-state index in [0.717, 1.165) is 44.2 Å². The van der Waals surface area contributed by atoms with Crippen LogP contribution in [0, 0.1) is 0 Å². The summed E-state index contributed by atoms with van der Waals surface area (Å²) >= 11 is 0. The van der Waals surface area contributed by atoms with Crippen LogP contribution in [-0.4, -0.2) is 33.6 Å². The van der Waals surface area contributed by atoms with Crippen molar-refractivity contribution in [1.82, 2.24) is 19.8 Å². The first-order chi connectivity index (χ1) is 16.1. The van der Waals surface area contributed by atoms with Gasteiger partial charge in [-0.1, -0.05) is 69.9 Å². The number of hydrogen-bond donors (Lipinski definition) is 1. The molecule has 0 aliphatic carbocycles. The molecule has 0 aliphatic heterocycles. The Hall–Kier alpha value is -3.15. The second-order valence-corrected chi connectivity index (χ2v) is 8.48. The molecular formula is C27H36N4O2. The van der Waals surface area contributed by atoms with Gasteiger partial charge in [0.1, 0.15) is 5.82 Å². The summed E-state index contributed by atoms with van der Waals surface area (Å²) in [6, 6.07) is 16.5. The second-order valence-electron chi connectivity index (χ2n) is 8.48. The van der Waals surface area contributed by atoms with Crippen LogP contribution in [0.25, 0.3) is 16.6 Å². The predicted octanol–water partition coefficient (Wildman–Crippen LogP) is 5.84. The fourth-order valence-corrected chi connectivity index (χ4v) is 4.05. The molecule has 0 bridgehead atoms. The molecule has 0 spiro atoms. The van der Waals surface area contributed by atoms with E-state index in [9.17, 15) is 9.59 Å². The third-order valence-electron chi connectivity index (χ3n) is 5.98. The Morgan fingerprint density at radius 3 is 2.39 bits per heavy atom. The fourth-order valence-electron chi connectivity index (χ4n) is 4.05. The van der Waals surface area contributed by atoms with E-state index >= 15 is 0 Å². The first-order valence-corrected chi connectivity index (χ1v) is 12.2. The monoisotopic (exact) mass is 448 g/mol. The van der Waals surface area contributed by atoms with Gasteiger partial charge in [0.25, 0.3) is 5.56 Å². The van der Waals surface area contributed by atoms with Crippen molar-refractivity contribution in [2.75, 3.05) is 13.1 Å². The molecule has 1 heterocycles. The topological polar surface area (TPSA) is 67.2 Å². The maximum Gasteiger partial charge on any atom is 0.318 e. The van der Waals surface area contributed by atoms with Gasteiger partial charge in [0.2, 0.25) is 0 Å². The van der Waals surface area contributed by atoms with Crippen LogP contribution < -0.4 is 10.9 Å². The van der Waals surface area contributed by atoms with Crippen molar-refractivity contribution in [2.45, 2.75) is 65.3 Å². The van der Waals surface area contributed by atoms with E-state index in [-0.39, 0.29) is 17.6 Å². The van der Waals surface area contributed by atoms with Crippen molar-refractivity contribution in [1.29, 1.82) is 0 Å². The number of fused-ring (bicyclic) bond motifs is 1. The standard InChI is InChI=1S/C27H36N4O2/c1-4-6-8-14-20-30(27(33)28-19-7-5-2)21(3)25-29-24-18-13-12-17-23(24)26(32)31(25)22-15-10-9-11-16-22/h9-13,15-18,21H,4-8,14,19-20H2,1-3H3,(H,28,33). The smallest absolute Gasteiger partial charge is 0.318 e. The van der Waals surface area contributed by atoms with Gasteiger partial charge in [-0.2, -0.15) is 0 Å². The number of carbonyl (C=O) groups is 1. The van der Waals surface area contributed by atoms with Crippen LogP contribution in [0.4, 0.5) is 4.79 Å². The van der Waals surface area contributed by atoms with E-state index in [2.05, 4.69) is 19.2 Å². The number of nitrogens with one attached hydrogen (secondary N) is 1. The first kappa shape index (κ1) is 24.5. The zero-order valence-corrected chi connectivity index (χ0v) is 20.1. The molecule has 6 heteroatoms. The van der Waals surface area contributed by atoms with Gasteiger partial charge in [-0.15, -0.1) is 0 Å². The van der Waals surface area contributed by atoms with Crippen molar-refractivity contribution in [3.05, 3.63) is 70.8 Å². The Bertz CT molecular complexity index is 1090. The van der Waals surface area contributed by atoms with Crippen LogP contribution in [0.3, 0.4) is 0 Å². The van der Waals surface area contributed by atoms with E-state index in [4.69, 9.17) is 4.98 Å². The molecule has 6 nitrogen and oxygen atoms in total. The van der Waals surface area contributed by atoms with Crippen LogP contribution in [-0.2, 0) is 0 Å². The van der Waals surface area contributed by atoms with Crippen molar-refractivity contribution >= 4 is 16.9 Å². The Labute approximate surface area is 196 Å². The van der Waals surface area contributed by atoms with Gasteiger partial charge in [0.05, 0.1) is 22.6 Å². The third kappa shape index (κ3) is 6.01. The quantitative estimate of drug-likeness (QED) is 0.375. The number of nitrogens with zero attached hydrogens (tertiary/aromatic N) is 3. The summed E-state index contributed by atoms with van der Waals surface area (Å²) in [5.41, 5.74) is 1.28. The van der Waals surface area contributed by atoms with Crippen molar-refractivity contribution < 1.29 is 4.79 Å². The zero-order valence-electron chi connectivity index (χ0n) is 20.1. The third-order valence-corrected chi connectivity index (χ3v) is 5.98. The molecule has 1 atom stereocenters. The Kier molecular flexibility index (Phi) is 9.04. The summed E-state index contributed by atoms with van der Waals surface area (Å²) in [6.45, 7) is 7.51. The highest BCUT2D eigenvalue weighted by molar-refractivity contribution is 5.78. The minimum Gasteiger partial charge on any atom is -0.338 e. The van der Waals surface area contributed by atoms with Gasteiger partial charge in [-0.25, -0.2) is 9.78 Å². The molecular weight excluding hydrogens is 412 g/mol. The average molecular weight is 449 g/mol. The van der Waals surface area contributed by atoms with Crippen LogP contribution in [0.5, 0.6) is 0 Å². The lowest BCUT2D eigenvalue weighted by molar-refractivity contribution is 0.174. The van der Waals surface area contributed by atoms with Gasteiger partial charge in [0, 0.05) is 13.1 Å². The molecule has 3 aromatic rings. The number of para-hydroxylation sites is 2. The maximum absolute atomic E-state index is 13.6. The van der Waals surface area contributed by atoms with Crippen molar-refractivity contribution in [2.24, 2.45) is 0 Å². The number of rotatable bonds is 11. The van der Waals surface area contributed by atoms with Crippen molar-refractivity contribution in [3.8, 4) is 5.69 Å². The fraction of sp³-hybridized carbons (Fsp3) is 0.444. The maximum atomic E-state index is 13.6. The van der Waals surface area contributed by atoms with Crippen LogP contribution in [0.1, 0.15) is 71.2 Å². The minimum atomic E-state index is -0.370. The van der Waals surface area contributed by atoms with Gasteiger partial charge in [0.15, 0.2) is 0 Å². The summed E-state index contributed by atoms with van der Waals surface area (Å²) in [6.07, 6.45) is 6.22. The second kappa shape index (κ2) is 12.2. The van der Waals surface area contributed by atoms with Gasteiger partial charge >= 0.3 is 6.03 Å². The normalized spacial score (nSPS) is 12.0. The molecule has 1 N–H and O–H groups in total. The van der Waals surface area contributed by atoms with Crippen LogP contribution in [0.2, 0.25) is 0 Å². The highest BCUT2D eigenvalue weighted by atomic mass is 16.2. The number of amides is 2. The molecule has 0 saturated carbocycles. The number of hydrogen-bond acceptors (Lipinski definition) is 3. The van der Waals surface area contributed by atoms with E-state index in [1.54, 1.807) is 10.6 Å². The molecule has 33 heavy (non-hydrogen) atoms. The highest BCUT2D eigenvalue weighted by Gasteiger charge is 2.26. The number of unbranched alkanes of at least 4 members (excludes halogenated alkanes) is 4. The first-order valence-electron chi connectivity index (χ1n) is 12.2. The SMILES string of the molecule is CCCCCCN(C(=O)NCCCC)C(C)c1nc2ccccc2c(=O)n1-c1ccccc1. The molecule has 0 aliphatic rings. The molecule has 176 valence electrons. The van der Waals surface area contributed by atoms with Gasteiger partial charge in [-0.3, -0.25) is 9.36 Å². The lowest BCUT2D eigenvalue weighted by atomic mass is 10.1. The molecule has 2 aromatic carbocycles. The lowest BCUT2D eigenvalue weighted by Crippen LogP contribution is -2.44. The molecule has 3 rings (SSSR count). The molecule has 2 amide bonds. The zero-order chi connectivity index (χ0) is 23.6. The van der Waals surface area contributed by atoms with E-state index in [0.29, 0.717) is 29.8 Å². The number of urea groups is 1. The lowest BCUT2D eigenvalue weighted by Gasteiger charge is -2.31. The summed E-state index contributed by atoms with van der Waals surface area (Å²) in [5.74, 6) is 0.575. The van der Waals surface area contributed by atoms with Crippen LogP contribution in [0.15, 0.2) is 59.4 Å². The number of benzene rings is 2. The number of aromatic nitrogens is 2. The van der Waals surface area contributed by atoms with E-state index in [1.165, 1.54) is 0 Å². The minimum absolute atomic E-state index is 0.102. The Balaban J connectivity index is 2.06. The number of carbonyl (C=O) groups excluding carboxylic acids is 1. The largest absolute Gasteiger partial charge is 0.338 e. The van der Waals surface area contributed by atoms with Gasteiger partial charge < -0.3 is 10.2 Å². The Morgan fingerprint density at radius 1 is 0.970 bits per heavy atom.